The zero-order valence-corrected chi connectivity index (χ0v) is 10.00. The van der Waals surface area contributed by atoms with Crippen LogP contribution in [0, 0.1) is 5.92 Å². The van der Waals surface area contributed by atoms with E-state index in [9.17, 15) is 9.59 Å². The van der Waals surface area contributed by atoms with Crippen LogP contribution in [0.15, 0.2) is 18.3 Å². The third-order valence-electron chi connectivity index (χ3n) is 2.97. The number of likely N-dealkylation sites (tertiary alicyclic amines) is 1. The summed E-state index contributed by atoms with van der Waals surface area (Å²) in [6, 6.07) is 3.57. The maximum Gasteiger partial charge on any atom is 0.308 e. The number of rotatable bonds is 4. The average Bonchev–Trinajstić information content (AvgIpc) is 2.72. The van der Waals surface area contributed by atoms with Crippen LogP contribution in [-0.4, -0.2) is 40.5 Å². The van der Waals surface area contributed by atoms with Crippen molar-refractivity contribution in [3.8, 4) is 5.88 Å². The molecule has 6 nitrogen and oxygen atoms in total. The van der Waals surface area contributed by atoms with E-state index < -0.39 is 11.9 Å². The minimum Gasteiger partial charge on any atom is -0.481 e. The number of ether oxygens (including phenoxy) is 1. The van der Waals surface area contributed by atoms with E-state index in [0.717, 1.165) is 5.56 Å². The Morgan fingerprint density at radius 2 is 2.44 bits per heavy atom. The summed E-state index contributed by atoms with van der Waals surface area (Å²) in [5.74, 6) is -1.22. The van der Waals surface area contributed by atoms with Crippen LogP contribution in [0.3, 0.4) is 0 Å². The second-order valence-electron chi connectivity index (χ2n) is 4.19. The Kier molecular flexibility index (Phi) is 3.45. The van der Waals surface area contributed by atoms with Gasteiger partial charge in [-0.25, -0.2) is 4.98 Å². The van der Waals surface area contributed by atoms with Gasteiger partial charge in [0, 0.05) is 24.7 Å². The van der Waals surface area contributed by atoms with Crippen LogP contribution < -0.4 is 4.74 Å². The fraction of sp³-hybridized carbons (Fsp3) is 0.417. The van der Waals surface area contributed by atoms with Gasteiger partial charge in [0.05, 0.1) is 19.6 Å². The van der Waals surface area contributed by atoms with Crippen LogP contribution in [0.4, 0.5) is 0 Å². The van der Waals surface area contributed by atoms with Gasteiger partial charge in [-0.2, -0.15) is 0 Å². The summed E-state index contributed by atoms with van der Waals surface area (Å²) >= 11 is 0. The molecule has 1 aromatic heterocycles. The molecule has 1 N–H and O–H groups in total. The molecule has 1 aliphatic heterocycles. The Bertz CT molecular complexity index is 475. The minimum absolute atomic E-state index is 0.0674. The molecule has 1 fully saturated rings. The van der Waals surface area contributed by atoms with Crippen LogP contribution in [-0.2, 0) is 16.1 Å². The first-order valence-electron chi connectivity index (χ1n) is 5.60. The average molecular weight is 250 g/mol. The first-order valence-corrected chi connectivity index (χ1v) is 5.60. The second-order valence-corrected chi connectivity index (χ2v) is 4.19. The SMILES string of the molecule is COc1ncccc1CN1CC(C(=O)O)CC1=O. The molecular weight excluding hydrogens is 236 g/mol. The van der Waals surface area contributed by atoms with Gasteiger partial charge >= 0.3 is 5.97 Å². The number of aromatic nitrogens is 1. The Morgan fingerprint density at radius 1 is 1.67 bits per heavy atom. The molecule has 1 aromatic rings. The molecule has 2 rings (SSSR count). The zero-order chi connectivity index (χ0) is 13.1. The lowest BCUT2D eigenvalue weighted by atomic mass is 10.1. The van der Waals surface area contributed by atoms with Crippen molar-refractivity contribution < 1.29 is 19.4 Å². The highest BCUT2D eigenvalue weighted by atomic mass is 16.5. The van der Waals surface area contributed by atoms with Crippen LogP contribution in [0.2, 0.25) is 0 Å². The number of nitrogens with zero attached hydrogens (tertiary/aromatic N) is 2. The Balaban J connectivity index is 2.10. The van der Waals surface area contributed by atoms with Crippen molar-refractivity contribution in [3.63, 3.8) is 0 Å². The monoisotopic (exact) mass is 250 g/mol. The number of carbonyl (C=O) groups excluding carboxylic acids is 1. The Hall–Kier alpha value is -2.11. The first-order chi connectivity index (χ1) is 8.61. The van der Waals surface area contributed by atoms with E-state index in [0.29, 0.717) is 12.4 Å². The molecule has 1 unspecified atom stereocenters. The van der Waals surface area contributed by atoms with Gasteiger partial charge in [0.1, 0.15) is 0 Å². The van der Waals surface area contributed by atoms with E-state index in [4.69, 9.17) is 9.84 Å². The van der Waals surface area contributed by atoms with E-state index in [1.165, 1.54) is 12.0 Å². The zero-order valence-electron chi connectivity index (χ0n) is 10.00. The van der Waals surface area contributed by atoms with E-state index in [1.54, 1.807) is 12.3 Å². The number of aliphatic carboxylic acids is 1. The van der Waals surface area contributed by atoms with Crippen molar-refractivity contribution in [1.82, 2.24) is 9.88 Å². The molecule has 0 bridgehead atoms. The fourth-order valence-corrected chi connectivity index (χ4v) is 2.02. The first kappa shape index (κ1) is 12.3. The van der Waals surface area contributed by atoms with Crippen molar-refractivity contribution >= 4 is 11.9 Å². The van der Waals surface area contributed by atoms with Gasteiger partial charge in [0.2, 0.25) is 11.8 Å². The summed E-state index contributed by atoms with van der Waals surface area (Å²) in [6.45, 7) is 0.575. The Morgan fingerprint density at radius 3 is 3.06 bits per heavy atom. The van der Waals surface area contributed by atoms with Crippen molar-refractivity contribution in [2.75, 3.05) is 13.7 Å². The molecule has 0 radical (unpaired) electrons. The van der Waals surface area contributed by atoms with Crippen molar-refractivity contribution in [2.45, 2.75) is 13.0 Å². The lowest BCUT2D eigenvalue weighted by Gasteiger charge is -2.17. The van der Waals surface area contributed by atoms with Gasteiger partial charge in [0.25, 0.3) is 0 Å². The highest BCUT2D eigenvalue weighted by molar-refractivity contribution is 5.86. The highest BCUT2D eigenvalue weighted by Gasteiger charge is 2.34. The second kappa shape index (κ2) is 5.03. The maximum atomic E-state index is 11.7. The lowest BCUT2D eigenvalue weighted by Crippen LogP contribution is -2.26. The van der Waals surface area contributed by atoms with Gasteiger partial charge in [-0.05, 0) is 6.07 Å². The number of hydrogen-bond donors (Lipinski definition) is 1. The third kappa shape index (κ3) is 2.42. The maximum absolute atomic E-state index is 11.7. The van der Waals surface area contributed by atoms with Gasteiger partial charge in [-0.1, -0.05) is 6.07 Å². The summed E-state index contributed by atoms with van der Waals surface area (Å²) < 4.78 is 5.10. The number of carboxylic acids is 1. The molecule has 1 atom stereocenters. The normalized spacial score (nSPS) is 19.1. The predicted molar refractivity (Wildman–Crippen MR) is 61.9 cm³/mol. The molecule has 2 heterocycles. The molecule has 96 valence electrons. The molecule has 18 heavy (non-hydrogen) atoms. The standard InChI is InChI=1S/C12H14N2O4/c1-18-11-8(3-2-4-13-11)6-14-7-9(12(16)17)5-10(14)15/h2-4,9H,5-7H2,1H3,(H,16,17). The molecule has 1 aliphatic rings. The lowest BCUT2D eigenvalue weighted by molar-refractivity contribution is -0.141. The quantitative estimate of drug-likeness (QED) is 0.842. The molecule has 1 saturated heterocycles. The topological polar surface area (TPSA) is 79.7 Å². The highest BCUT2D eigenvalue weighted by Crippen LogP contribution is 2.23. The van der Waals surface area contributed by atoms with Gasteiger partial charge < -0.3 is 14.7 Å². The van der Waals surface area contributed by atoms with Crippen molar-refractivity contribution in [1.29, 1.82) is 0 Å². The molecule has 0 aliphatic carbocycles. The number of methoxy groups -OCH3 is 1. The van der Waals surface area contributed by atoms with Gasteiger partial charge in [0.15, 0.2) is 0 Å². The van der Waals surface area contributed by atoms with Crippen molar-refractivity contribution in [2.24, 2.45) is 5.92 Å². The summed E-state index contributed by atoms with van der Waals surface area (Å²) in [7, 11) is 1.51. The molecule has 0 aromatic carbocycles. The number of carboxylic acid groups (broad SMARTS) is 1. The number of amides is 1. The largest absolute Gasteiger partial charge is 0.481 e. The summed E-state index contributed by atoms with van der Waals surface area (Å²) in [5, 5.41) is 8.90. The molecule has 0 spiro atoms. The third-order valence-corrected chi connectivity index (χ3v) is 2.97. The van der Waals surface area contributed by atoms with Gasteiger partial charge in [-0.15, -0.1) is 0 Å². The van der Waals surface area contributed by atoms with Crippen LogP contribution in [0.25, 0.3) is 0 Å². The summed E-state index contributed by atoms with van der Waals surface area (Å²) in [6.07, 6.45) is 1.67. The molecular formula is C12H14N2O4. The van der Waals surface area contributed by atoms with Crippen LogP contribution in [0.5, 0.6) is 5.88 Å². The Labute approximate surface area is 104 Å². The molecule has 6 heteroatoms. The van der Waals surface area contributed by atoms with Gasteiger partial charge in [-0.3, -0.25) is 9.59 Å². The number of carbonyl (C=O) groups is 2. The van der Waals surface area contributed by atoms with E-state index >= 15 is 0 Å². The number of pyridine rings is 1. The van der Waals surface area contributed by atoms with Crippen LogP contribution >= 0.6 is 0 Å². The smallest absolute Gasteiger partial charge is 0.308 e. The summed E-state index contributed by atoms with van der Waals surface area (Å²) in [4.78, 5) is 28.1. The predicted octanol–water partition coefficient (Wildman–Crippen LogP) is 0.523. The van der Waals surface area contributed by atoms with E-state index in [1.807, 2.05) is 6.07 Å². The molecule has 0 saturated carbocycles. The molecule has 1 amide bonds. The van der Waals surface area contributed by atoms with Crippen LogP contribution in [0.1, 0.15) is 12.0 Å². The summed E-state index contributed by atoms with van der Waals surface area (Å²) in [5.41, 5.74) is 0.777. The van der Waals surface area contributed by atoms with E-state index in [-0.39, 0.29) is 18.9 Å². The van der Waals surface area contributed by atoms with Crippen molar-refractivity contribution in [3.05, 3.63) is 23.9 Å². The number of hydrogen-bond acceptors (Lipinski definition) is 4. The fourth-order valence-electron chi connectivity index (χ4n) is 2.02. The van der Waals surface area contributed by atoms with E-state index in [2.05, 4.69) is 4.98 Å². The minimum atomic E-state index is -0.927.